The molecule has 0 fully saturated rings. The Kier molecular flexibility index (Phi) is 6.31. The molecular weight excluding hydrogens is 344 g/mol. The second-order valence-corrected chi connectivity index (χ2v) is 7.67. The van der Waals surface area contributed by atoms with Gasteiger partial charge in [0, 0.05) is 11.1 Å². The molecule has 5 heteroatoms. The van der Waals surface area contributed by atoms with Gasteiger partial charge in [-0.05, 0) is 51.0 Å². The van der Waals surface area contributed by atoms with Crippen LogP contribution < -0.4 is 0 Å². The molecule has 0 amide bonds. The zero-order valence-corrected chi connectivity index (χ0v) is 16.2. The van der Waals surface area contributed by atoms with Crippen molar-refractivity contribution in [3.05, 3.63) is 70.8 Å². The van der Waals surface area contributed by atoms with Gasteiger partial charge in [0.25, 0.3) is 0 Å². The van der Waals surface area contributed by atoms with Crippen LogP contribution in [0.15, 0.2) is 48.5 Å². The van der Waals surface area contributed by atoms with Gasteiger partial charge in [-0.15, -0.1) is 0 Å². The molecule has 2 N–H and O–H groups in total. The van der Waals surface area contributed by atoms with Crippen molar-refractivity contribution in [2.24, 2.45) is 0 Å². The molecule has 0 bridgehead atoms. The molecule has 0 aromatic heterocycles. The van der Waals surface area contributed by atoms with E-state index in [0.29, 0.717) is 11.1 Å². The molecule has 0 aliphatic heterocycles. The first-order chi connectivity index (χ1) is 12.5. The molecule has 0 saturated heterocycles. The standard InChI is InChI=1S/C22H26O5/c1-21(2,25)19(23)17-9-5-7-15(11-17)13-27-14-16-8-6-10-18(12-16)20(24)22(3,4)26/h5-12,25-26H,13-14H2,1-4H3. The Balaban J connectivity index is 2.01. The van der Waals surface area contributed by atoms with Crippen molar-refractivity contribution < 1.29 is 24.5 Å². The van der Waals surface area contributed by atoms with Crippen LogP contribution in [0.1, 0.15) is 59.5 Å². The van der Waals surface area contributed by atoms with Crippen LogP contribution in [-0.2, 0) is 18.0 Å². The fourth-order valence-corrected chi connectivity index (χ4v) is 2.60. The lowest BCUT2D eigenvalue weighted by Crippen LogP contribution is -2.31. The van der Waals surface area contributed by atoms with Crippen molar-refractivity contribution in [3.8, 4) is 0 Å². The van der Waals surface area contributed by atoms with Gasteiger partial charge in [0.15, 0.2) is 11.6 Å². The summed E-state index contributed by atoms with van der Waals surface area (Å²) in [5, 5.41) is 19.7. The Labute approximate surface area is 159 Å². The third kappa shape index (κ3) is 5.82. The van der Waals surface area contributed by atoms with Crippen molar-refractivity contribution >= 4 is 11.6 Å². The fourth-order valence-electron chi connectivity index (χ4n) is 2.60. The Morgan fingerprint density at radius 3 is 1.48 bits per heavy atom. The molecule has 0 unspecified atom stereocenters. The van der Waals surface area contributed by atoms with Gasteiger partial charge in [0.05, 0.1) is 13.2 Å². The Bertz CT molecular complexity index is 756. The highest BCUT2D eigenvalue weighted by Crippen LogP contribution is 2.17. The zero-order chi connectivity index (χ0) is 20.2. The molecule has 2 aromatic carbocycles. The highest BCUT2D eigenvalue weighted by Gasteiger charge is 2.26. The van der Waals surface area contributed by atoms with E-state index in [9.17, 15) is 19.8 Å². The van der Waals surface area contributed by atoms with E-state index in [1.165, 1.54) is 27.7 Å². The normalized spacial score (nSPS) is 12.1. The van der Waals surface area contributed by atoms with Crippen molar-refractivity contribution in [3.63, 3.8) is 0 Å². The van der Waals surface area contributed by atoms with Crippen LogP contribution in [0.3, 0.4) is 0 Å². The average Bonchev–Trinajstić information content (AvgIpc) is 2.59. The maximum absolute atomic E-state index is 12.2. The number of Topliss-reactive ketones (excluding diaryl/α,β-unsaturated/α-hetero) is 2. The number of ketones is 2. The number of hydrogen-bond acceptors (Lipinski definition) is 5. The van der Waals surface area contributed by atoms with E-state index in [4.69, 9.17) is 4.74 Å². The predicted octanol–water partition coefficient (Wildman–Crippen LogP) is 3.31. The summed E-state index contributed by atoms with van der Waals surface area (Å²) >= 11 is 0. The van der Waals surface area contributed by atoms with Crippen LogP contribution in [0.5, 0.6) is 0 Å². The molecule has 0 spiro atoms. The smallest absolute Gasteiger partial charge is 0.193 e. The van der Waals surface area contributed by atoms with E-state index < -0.39 is 11.2 Å². The van der Waals surface area contributed by atoms with Crippen LogP contribution in [0.2, 0.25) is 0 Å². The monoisotopic (exact) mass is 370 g/mol. The van der Waals surface area contributed by atoms with Crippen LogP contribution in [0, 0.1) is 0 Å². The van der Waals surface area contributed by atoms with Gasteiger partial charge in [-0.3, -0.25) is 9.59 Å². The van der Waals surface area contributed by atoms with Gasteiger partial charge in [-0.25, -0.2) is 0 Å². The summed E-state index contributed by atoms with van der Waals surface area (Å²) in [4.78, 5) is 24.3. The molecule has 2 aromatic rings. The number of carbonyl (C=O) groups is 2. The molecule has 5 nitrogen and oxygen atoms in total. The molecule has 144 valence electrons. The Morgan fingerprint density at radius 2 is 1.15 bits per heavy atom. The number of ether oxygens (including phenoxy) is 1. The number of hydrogen-bond donors (Lipinski definition) is 2. The van der Waals surface area contributed by atoms with Crippen molar-refractivity contribution in [2.75, 3.05) is 0 Å². The fraction of sp³-hybridized carbons (Fsp3) is 0.364. The van der Waals surface area contributed by atoms with Gasteiger partial charge >= 0.3 is 0 Å². The van der Waals surface area contributed by atoms with E-state index >= 15 is 0 Å². The second kappa shape index (κ2) is 8.13. The Hall–Kier alpha value is -2.34. The van der Waals surface area contributed by atoms with Crippen molar-refractivity contribution in [1.29, 1.82) is 0 Å². The van der Waals surface area contributed by atoms with Crippen LogP contribution in [0.25, 0.3) is 0 Å². The maximum atomic E-state index is 12.2. The lowest BCUT2D eigenvalue weighted by Gasteiger charge is -2.16. The minimum absolute atomic E-state index is 0.288. The molecule has 0 heterocycles. The average molecular weight is 370 g/mol. The lowest BCUT2D eigenvalue weighted by molar-refractivity contribution is 0.0487. The predicted molar refractivity (Wildman–Crippen MR) is 103 cm³/mol. The largest absolute Gasteiger partial charge is 0.382 e. The van der Waals surface area contributed by atoms with E-state index in [1.54, 1.807) is 36.4 Å². The molecule has 0 aliphatic rings. The molecular formula is C22H26O5. The van der Waals surface area contributed by atoms with Crippen LogP contribution in [0.4, 0.5) is 0 Å². The van der Waals surface area contributed by atoms with Crippen molar-refractivity contribution in [2.45, 2.75) is 52.1 Å². The molecule has 0 radical (unpaired) electrons. The summed E-state index contributed by atoms with van der Waals surface area (Å²) < 4.78 is 5.70. The number of rotatable bonds is 8. The summed E-state index contributed by atoms with van der Waals surface area (Å²) in [5.41, 5.74) is -0.356. The minimum atomic E-state index is -1.42. The second-order valence-electron chi connectivity index (χ2n) is 7.67. The summed E-state index contributed by atoms with van der Waals surface area (Å²) in [7, 11) is 0. The maximum Gasteiger partial charge on any atom is 0.193 e. The quantitative estimate of drug-likeness (QED) is 0.697. The van der Waals surface area contributed by atoms with Gasteiger partial charge in [0.2, 0.25) is 0 Å². The summed E-state index contributed by atoms with van der Waals surface area (Å²) in [5.74, 6) is -0.690. The SMILES string of the molecule is CC(C)(O)C(=O)c1cccc(COCc2cccc(C(=O)C(C)(C)O)c2)c1. The van der Waals surface area contributed by atoms with E-state index in [-0.39, 0.29) is 24.8 Å². The topological polar surface area (TPSA) is 83.8 Å². The van der Waals surface area contributed by atoms with E-state index in [1.807, 2.05) is 12.1 Å². The lowest BCUT2D eigenvalue weighted by atomic mass is 9.95. The third-order valence-corrected chi connectivity index (χ3v) is 4.03. The molecule has 0 atom stereocenters. The summed E-state index contributed by atoms with van der Waals surface area (Å²) in [6.45, 7) is 6.41. The minimum Gasteiger partial charge on any atom is -0.382 e. The highest BCUT2D eigenvalue weighted by molar-refractivity contribution is 6.02. The summed E-state index contributed by atoms with van der Waals surface area (Å²) in [6.07, 6.45) is 0. The third-order valence-electron chi connectivity index (χ3n) is 4.03. The van der Waals surface area contributed by atoms with Gasteiger partial charge < -0.3 is 14.9 Å². The summed E-state index contributed by atoms with van der Waals surface area (Å²) in [6, 6.07) is 13.9. The first kappa shape index (κ1) is 21.0. The first-order valence-corrected chi connectivity index (χ1v) is 8.78. The van der Waals surface area contributed by atoms with Crippen LogP contribution in [-0.4, -0.2) is 33.0 Å². The van der Waals surface area contributed by atoms with Crippen LogP contribution >= 0.6 is 0 Å². The van der Waals surface area contributed by atoms with Gasteiger partial charge in [0.1, 0.15) is 11.2 Å². The van der Waals surface area contributed by atoms with Crippen molar-refractivity contribution in [1.82, 2.24) is 0 Å². The Morgan fingerprint density at radius 1 is 0.778 bits per heavy atom. The first-order valence-electron chi connectivity index (χ1n) is 8.78. The van der Waals surface area contributed by atoms with E-state index in [2.05, 4.69) is 0 Å². The van der Waals surface area contributed by atoms with Gasteiger partial charge in [-0.2, -0.15) is 0 Å². The van der Waals surface area contributed by atoms with Gasteiger partial charge in [-0.1, -0.05) is 36.4 Å². The molecule has 0 aliphatic carbocycles. The molecule has 2 rings (SSSR count). The number of carbonyl (C=O) groups excluding carboxylic acids is 2. The number of aliphatic hydroxyl groups is 2. The molecule has 0 saturated carbocycles. The zero-order valence-electron chi connectivity index (χ0n) is 16.2. The highest BCUT2D eigenvalue weighted by atomic mass is 16.5. The van der Waals surface area contributed by atoms with E-state index in [0.717, 1.165) is 11.1 Å². The molecule has 27 heavy (non-hydrogen) atoms. The number of benzene rings is 2.